The molecule has 2 atom stereocenters. The third-order valence-corrected chi connectivity index (χ3v) is 9.73. The number of aliphatic hydroxyl groups is 3. The van der Waals surface area contributed by atoms with Crippen molar-refractivity contribution in [3.63, 3.8) is 0 Å². The normalized spacial score (nSPS) is 14.3. The molecule has 0 saturated carbocycles. The molecule has 6 heteroatoms. The van der Waals surface area contributed by atoms with Crippen molar-refractivity contribution in [3.8, 4) is 0 Å². The molecular weight excluding hydrogens is 564 g/mol. The van der Waals surface area contributed by atoms with Crippen molar-refractivity contribution < 1.29 is 29.7 Å². The lowest BCUT2D eigenvalue weighted by molar-refractivity contribution is -0.193. The number of carbonyl (C=O) groups is 3. The Hall–Kier alpha value is -1.11. The Morgan fingerprint density at radius 3 is 0.844 bits per heavy atom. The molecule has 0 spiro atoms. The van der Waals surface area contributed by atoms with E-state index >= 15 is 0 Å². The fraction of sp³-hybridized carbons (Fsp3) is 0.923. The van der Waals surface area contributed by atoms with E-state index in [1.54, 1.807) is 0 Å². The highest BCUT2D eigenvalue weighted by Crippen LogP contribution is 2.30. The molecule has 0 aliphatic rings. The highest BCUT2D eigenvalue weighted by atomic mass is 16.4. The van der Waals surface area contributed by atoms with E-state index < -0.39 is 35.2 Å². The molecule has 6 nitrogen and oxygen atoms in total. The zero-order valence-corrected chi connectivity index (χ0v) is 30.0. The molecule has 0 bridgehead atoms. The van der Waals surface area contributed by atoms with Crippen molar-refractivity contribution in [2.24, 2.45) is 0 Å². The number of aliphatic hydroxyl groups excluding tert-OH is 1. The molecule has 0 aromatic rings. The predicted octanol–water partition coefficient (Wildman–Crippen LogP) is 9.91. The first kappa shape index (κ1) is 43.9. The van der Waals surface area contributed by atoms with Crippen LogP contribution in [0.2, 0.25) is 0 Å². The van der Waals surface area contributed by atoms with Crippen molar-refractivity contribution in [1.29, 1.82) is 0 Å². The third kappa shape index (κ3) is 19.3. The second kappa shape index (κ2) is 29.1. The zero-order chi connectivity index (χ0) is 33.7. The van der Waals surface area contributed by atoms with Gasteiger partial charge in [-0.1, -0.05) is 181 Å². The van der Waals surface area contributed by atoms with E-state index in [-0.39, 0.29) is 12.8 Å². The lowest BCUT2D eigenvalue weighted by atomic mass is 9.72. The molecule has 45 heavy (non-hydrogen) atoms. The molecule has 0 heterocycles. The Kier molecular flexibility index (Phi) is 28.3. The quantitative estimate of drug-likeness (QED) is 0.0470. The molecule has 0 rings (SSSR count). The second-order valence-corrected chi connectivity index (χ2v) is 13.8. The number of hydrogen-bond donors (Lipinski definition) is 3. The Morgan fingerprint density at radius 1 is 0.422 bits per heavy atom. The van der Waals surface area contributed by atoms with Gasteiger partial charge < -0.3 is 15.3 Å². The van der Waals surface area contributed by atoms with Gasteiger partial charge in [0.25, 0.3) is 0 Å². The average Bonchev–Trinajstić information content (AvgIpc) is 3.03. The summed E-state index contributed by atoms with van der Waals surface area (Å²) in [6, 6.07) is 0. The summed E-state index contributed by atoms with van der Waals surface area (Å²) < 4.78 is 0. The lowest BCUT2D eigenvalue weighted by Crippen LogP contribution is -2.69. The summed E-state index contributed by atoms with van der Waals surface area (Å²) in [5.41, 5.74) is -5.71. The highest BCUT2D eigenvalue weighted by molar-refractivity contribution is 6.16. The van der Waals surface area contributed by atoms with Crippen LogP contribution in [0.3, 0.4) is 0 Å². The molecule has 0 aliphatic heterocycles. The molecule has 3 N–H and O–H groups in total. The standard InChI is InChI=1S/C39H74O6/c1-4-6-8-10-12-14-16-18-19-21-23-25-27-29-31-33-37(43)39(45,38(44,34-40)35(3)41)36(42)32-30-28-26-24-22-20-17-15-13-11-9-7-5-2/h40,44-45H,4-34H2,1-3H3. The maximum Gasteiger partial charge on any atom is 0.219 e. The van der Waals surface area contributed by atoms with Gasteiger partial charge in [0.05, 0.1) is 6.61 Å². The van der Waals surface area contributed by atoms with E-state index in [4.69, 9.17) is 0 Å². The van der Waals surface area contributed by atoms with Gasteiger partial charge in [-0.15, -0.1) is 0 Å². The van der Waals surface area contributed by atoms with E-state index in [1.807, 2.05) is 0 Å². The van der Waals surface area contributed by atoms with E-state index in [0.29, 0.717) is 12.8 Å². The molecule has 0 aromatic carbocycles. The van der Waals surface area contributed by atoms with Gasteiger partial charge in [-0.05, 0) is 19.8 Å². The van der Waals surface area contributed by atoms with Crippen LogP contribution in [0.15, 0.2) is 0 Å². The Labute approximate surface area is 277 Å². The van der Waals surface area contributed by atoms with Crippen LogP contribution in [0.4, 0.5) is 0 Å². The smallest absolute Gasteiger partial charge is 0.219 e. The minimum atomic E-state index is -2.90. The topological polar surface area (TPSA) is 112 Å². The molecule has 0 saturated heterocycles. The highest BCUT2D eigenvalue weighted by Gasteiger charge is 2.61. The largest absolute Gasteiger partial charge is 0.393 e. The number of ketones is 3. The Balaban J connectivity index is 4.35. The number of carbonyl (C=O) groups excluding carboxylic acids is 3. The van der Waals surface area contributed by atoms with Gasteiger partial charge in [-0.25, -0.2) is 0 Å². The third-order valence-electron chi connectivity index (χ3n) is 9.73. The van der Waals surface area contributed by atoms with Gasteiger partial charge in [0.1, 0.15) is 0 Å². The van der Waals surface area contributed by atoms with Gasteiger partial charge >= 0.3 is 0 Å². The van der Waals surface area contributed by atoms with Gasteiger partial charge in [-0.2, -0.15) is 0 Å². The predicted molar refractivity (Wildman–Crippen MR) is 188 cm³/mol. The number of rotatable bonds is 35. The minimum absolute atomic E-state index is 0.102. The summed E-state index contributed by atoms with van der Waals surface area (Å²) in [4.78, 5) is 38.7. The molecular formula is C39H74O6. The fourth-order valence-electron chi connectivity index (χ4n) is 6.42. The molecule has 266 valence electrons. The van der Waals surface area contributed by atoms with Crippen LogP contribution in [-0.2, 0) is 14.4 Å². The van der Waals surface area contributed by atoms with E-state index in [1.165, 1.54) is 128 Å². The second-order valence-electron chi connectivity index (χ2n) is 13.8. The van der Waals surface area contributed by atoms with E-state index in [0.717, 1.165) is 45.4 Å². The number of Topliss-reactive ketones (excluding diaryl/α,β-unsaturated/α-hetero) is 3. The summed E-state index contributed by atoms with van der Waals surface area (Å²) in [7, 11) is 0. The SMILES string of the molecule is CCCCCCCCCCCCCCCCCC(=O)C(O)(C(=O)CCCCCCCCCCCCCCC)C(O)(CO)C(C)=O. The Bertz CT molecular complexity index is 737. The Morgan fingerprint density at radius 2 is 0.644 bits per heavy atom. The van der Waals surface area contributed by atoms with Crippen LogP contribution < -0.4 is 0 Å². The van der Waals surface area contributed by atoms with Gasteiger partial charge in [-0.3, -0.25) is 14.4 Å². The molecule has 0 aromatic heterocycles. The van der Waals surface area contributed by atoms with Gasteiger partial charge in [0.15, 0.2) is 23.0 Å². The summed E-state index contributed by atoms with van der Waals surface area (Å²) in [6.45, 7) is 4.31. The monoisotopic (exact) mass is 639 g/mol. The van der Waals surface area contributed by atoms with Crippen molar-refractivity contribution in [1.82, 2.24) is 0 Å². The lowest BCUT2D eigenvalue weighted by Gasteiger charge is -2.38. The van der Waals surface area contributed by atoms with Crippen LogP contribution in [0.25, 0.3) is 0 Å². The summed E-state index contributed by atoms with van der Waals surface area (Å²) in [5.74, 6) is -2.69. The van der Waals surface area contributed by atoms with Crippen molar-refractivity contribution in [2.75, 3.05) is 6.61 Å². The molecule has 0 aliphatic carbocycles. The molecule has 0 fully saturated rings. The van der Waals surface area contributed by atoms with Crippen molar-refractivity contribution >= 4 is 17.3 Å². The zero-order valence-electron chi connectivity index (χ0n) is 30.0. The van der Waals surface area contributed by atoms with Crippen molar-refractivity contribution in [2.45, 2.75) is 225 Å². The summed E-state index contributed by atoms with van der Waals surface area (Å²) >= 11 is 0. The average molecular weight is 639 g/mol. The first-order chi connectivity index (χ1) is 21.7. The van der Waals surface area contributed by atoms with Gasteiger partial charge in [0, 0.05) is 12.8 Å². The minimum Gasteiger partial charge on any atom is -0.393 e. The van der Waals surface area contributed by atoms with Crippen LogP contribution in [0.5, 0.6) is 0 Å². The van der Waals surface area contributed by atoms with Crippen LogP contribution >= 0.6 is 0 Å². The fourth-order valence-corrected chi connectivity index (χ4v) is 6.42. The summed E-state index contributed by atoms with van der Waals surface area (Å²) in [5, 5.41) is 32.1. The van der Waals surface area contributed by atoms with Crippen LogP contribution in [-0.4, -0.2) is 50.5 Å². The van der Waals surface area contributed by atoms with Crippen molar-refractivity contribution in [3.05, 3.63) is 0 Å². The molecule has 0 amide bonds. The number of unbranched alkanes of at least 4 members (excludes halogenated alkanes) is 26. The maximum atomic E-state index is 13.2. The van der Waals surface area contributed by atoms with Gasteiger partial charge in [0.2, 0.25) is 5.60 Å². The van der Waals surface area contributed by atoms with Crippen LogP contribution in [0.1, 0.15) is 213 Å². The first-order valence-corrected chi connectivity index (χ1v) is 19.4. The molecule has 2 unspecified atom stereocenters. The van der Waals surface area contributed by atoms with Crippen LogP contribution in [0, 0.1) is 0 Å². The summed E-state index contributed by atoms with van der Waals surface area (Å²) in [6.07, 6.45) is 32.4. The molecule has 0 radical (unpaired) electrons. The first-order valence-electron chi connectivity index (χ1n) is 19.4. The number of hydrogen-bond acceptors (Lipinski definition) is 6. The van der Waals surface area contributed by atoms with E-state index in [9.17, 15) is 29.7 Å². The maximum absolute atomic E-state index is 13.2. The van der Waals surface area contributed by atoms with E-state index in [2.05, 4.69) is 13.8 Å².